The number of Topliss-reactive ketones (excluding diaryl/α,β-unsaturated/α-hetero) is 1. The SMILES string of the molecule is CN(C)C1CCN(c2cccc3c2CCN(C(=O)c2cn(-c4cccc(Cl)c4F)nn2)C3C(=O)Cc2ccc(C(N)=O)cc2)CC1. The normalized spacial score (nSPS) is 16.8. The molecule has 1 unspecified atom stereocenters. The zero-order valence-electron chi connectivity index (χ0n) is 25.7. The number of carbonyl (C=O) groups is 3. The lowest BCUT2D eigenvalue weighted by Gasteiger charge is -2.41. The van der Waals surface area contributed by atoms with Gasteiger partial charge < -0.3 is 20.4 Å². The number of benzene rings is 3. The molecule has 0 bridgehead atoms. The Balaban J connectivity index is 1.34. The van der Waals surface area contributed by atoms with E-state index in [0.717, 1.165) is 42.7 Å². The molecule has 4 aromatic rings. The van der Waals surface area contributed by atoms with Crippen molar-refractivity contribution in [3.05, 3.63) is 106 Å². The summed E-state index contributed by atoms with van der Waals surface area (Å²) in [6.45, 7) is 2.08. The molecule has 2 N–H and O–H groups in total. The fourth-order valence-electron chi connectivity index (χ4n) is 6.52. The maximum atomic E-state index is 14.7. The van der Waals surface area contributed by atoms with Crippen LogP contribution in [0.5, 0.6) is 0 Å². The monoisotopic (exact) mass is 643 g/mol. The lowest BCUT2D eigenvalue weighted by molar-refractivity contribution is -0.123. The number of primary amides is 1. The Morgan fingerprint density at radius 2 is 1.67 bits per heavy atom. The van der Waals surface area contributed by atoms with Crippen LogP contribution in [0.25, 0.3) is 5.69 Å². The van der Waals surface area contributed by atoms with Crippen LogP contribution < -0.4 is 10.6 Å². The summed E-state index contributed by atoms with van der Waals surface area (Å²) in [6.07, 6.45) is 4.01. The lowest BCUT2D eigenvalue weighted by atomic mass is 9.86. The highest BCUT2D eigenvalue weighted by Gasteiger charge is 2.38. The minimum atomic E-state index is -0.889. The Labute approximate surface area is 271 Å². The molecule has 6 rings (SSSR count). The standard InChI is InChI=1S/C34H35ClFN7O3/c1-40(2)23-13-16-41(17-14-23)28-7-3-5-25-24(28)15-18-42(32(25)30(44)19-21-9-11-22(12-10-21)33(37)45)34(46)27-20-43(39-38-27)29-8-4-6-26(35)31(29)36/h3-12,20,23,32H,13-19H2,1-2H3,(H2,37,45). The van der Waals surface area contributed by atoms with E-state index in [0.29, 0.717) is 23.6 Å². The number of halogens is 2. The Kier molecular flexibility index (Phi) is 8.88. The number of fused-ring (bicyclic) bond motifs is 1. The molecule has 0 radical (unpaired) electrons. The number of ketones is 1. The third-order valence-electron chi connectivity index (χ3n) is 9.01. The third-order valence-corrected chi connectivity index (χ3v) is 9.30. The number of rotatable bonds is 8. The average molecular weight is 644 g/mol. The molecule has 46 heavy (non-hydrogen) atoms. The van der Waals surface area contributed by atoms with Crippen LogP contribution in [0, 0.1) is 5.82 Å². The molecule has 2 amide bonds. The topological polar surface area (TPSA) is 118 Å². The van der Waals surface area contributed by atoms with E-state index >= 15 is 0 Å². The fraction of sp³-hybridized carbons (Fsp3) is 0.324. The summed E-state index contributed by atoms with van der Waals surface area (Å²) >= 11 is 5.96. The molecule has 0 saturated carbocycles. The van der Waals surface area contributed by atoms with Gasteiger partial charge >= 0.3 is 0 Å². The van der Waals surface area contributed by atoms with Gasteiger partial charge in [0, 0.05) is 43.3 Å². The molecule has 2 aliphatic rings. The summed E-state index contributed by atoms with van der Waals surface area (Å²) in [5.41, 5.74) is 9.39. The number of anilines is 1. The summed E-state index contributed by atoms with van der Waals surface area (Å²) < 4.78 is 15.9. The van der Waals surface area contributed by atoms with Crippen LogP contribution in [0.3, 0.4) is 0 Å². The fourth-order valence-corrected chi connectivity index (χ4v) is 6.69. The highest BCUT2D eigenvalue weighted by molar-refractivity contribution is 6.30. The molecule has 12 heteroatoms. The first-order valence-corrected chi connectivity index (χ1v) is 15.6. The number of hydrogen-bond donors (Lipinski definition) is 1. The summed E-state index contributed by atoms with van der Waals surface area (Å²) in [4.78, 5) is 46.0. The molecule has 1 atom stereocenters. The van der Waals surface area contributed by atoms with E-state index in [1.54, 1.807) is 30.3 Å². The van der Waals surface area contributed by atoms with Crippen LogP contribution in [-0.4, -0.2) is 82.2 Å². The Hall–Kier alpha value is -4.61. The van der Waals surface area contributed by atoms with Crippen LogP contribution in [0.4, 0.5) is 10.1 Å². The van der Waals surface area contributed by atoms with Crippen molar-refractivity contribution in [1.82, 2.24) is 24.8 Å². The molecule has 3 aromatic carbocycles. The molecular weight excluding hydrogens is 609 g/mol. The number of hydrogen-bond acceptors (Lipinski definition) is 7. The van der Waals surface area contributed by atoms with Crippen molar-refractivity contribution in [2.75, 3.05) is 38.6 Å². The van der Waals surface area contributed by atoms with E-state index in [2.05, 4.69) is 40.3 Å². The number of amides is 2. The average Bonchev–Trinajstić information content (AvgIpc) is 3.55. The third kappa shape index (κ3) is 6.12. The van der Waals surface area contributed by atoms with Gasteiger partial charge in [0.05, 0.1) is 11.2 Å². The molecule has 238 valence electrons. The lowest BCUT2D eigenvalue weighted by Crippen LogP contribution is -2.46. The predicted molar refractivity (Wildman–Crippen MR) is 173 cm³/mol. The van der Waals surface area contributed by atoms with Crippen LogP contribution >= 0.6 is 11.6 Å². The van der Waals surface area contributed by atoms with Crippen molar-refractivity contribution in [2.24, 2.45) is 5.73 Å². The predicted octanol–water partition coefficient (Wildman–Crippen LogP) is 4.24. The van der Waals surface area contributed by atoms with Gasteiger partial charge in [-0.3, -0.25) is 14.4 Å². The second-order valence-corrected chi connectivity index (χ2v) is 12.4. The van der Waals surface area contributed by atoms with Crippen LogP contribution in [-0.2, 0) is 17.6 Å². The first-order valence-electron chi connectivity index (χ1n) is 15.2. The van der Waals surface area contributed by atoms with Crippen molar-refractivity contribution in [3.63, 3.8) is 0 Å². The Morgan fingerprint density at radius 1 is 0.978 bits per heavy atom. The summed E-state index contributed by atoms with van der Waals surface area (Å²) in [7, 11) is 4.22. The van der Waals surface area contributed by atoms with E-state index in [-0.39, 0.29) is 35.2 Å². The summed E-state index contributed by atoms with van der Waals surface area (Å²) in [5.74, 6) is -1.90. The molecular formula is C34H35ClFN7O3. The van der Waals surface area contributed by atoms with Gasteiger partial charge in [-0.25, -0.2) is 9.07 Å². The minimum Gasteiger partial charge on any atom is -0.371 e. The number of piperidine rings is 1. The van der Waals surface area contributed by atoms with E-state index in [9.17, 15) is 18.8 Å². The summed E-state index contributed by atoms with van der Waals surface area (Å²) in [5, 5.41) is 7.97. The van der Waals surface area contributed by atoms with Crippen molar-refractivity contribution in [2.45, 2.75) is 37.8 Å². The van der Waals surface area contributed by atoms with Crippen LogP contribution in [0.2, 0.25) is 5.02 Å². The molecule has 3 heterocycles. The molecule has 2 aliphatic heterocycles. The molecule has 0 spiro atoms. The van der Waals surface area contributed by atoms with E-state index < -0.39 is 23.7 Å². The number of aromatic nitrogens is 3. The number of nitrogens with two attached hydrogens (primary N) is 1. The molecule has 10 nitrogen and oxygen atoms in total. The van der Waals surface area contributed by atoms with Crippen molar-refractivity contribution >= 4 is 34.9 Å². The molecule has 1 fully saturated rings. The first-order chi connectivity index (χ1) is 22.1. The van der Waals surface area contributed by atoms with E-state index in [4.69, 9.17) is 17.3 Å². The largest absolute Gasteiger partial charge is 0.371 e. The van der Waals surface area contributed by atoms with Gasteiger partial charge in [-0.1, -0.05) is 47.1 Å². The van der Waals surface area contributed by atoms with Gasteiger partial charge in [-0.15, -0.1) is 5.10 Å². The maximum absolute atomic E-state index is 14.7. The van der Waals surface area contributed by atoms with Gasteiger partial charge in [0.1, 0.15) is 11.7 Å². The molecule has 0 aliphatic carbocycles. The molecule has 1 saturated heterocycles. The van der Waals surface area contributed by atoms with Gasteiger partial charge in [-0.05, 0) is 80.4 Å². The quantitative estimate of drug-likeness (QED) is 0.305. The van der Waals surface area contributed by atoms with Gasteiger partial charge in [0.15, 0.2) is 17.3 Å². The van der Waals surface area contributed by atoms with Crippen molar-refractivity contribution in [1.29, 1.82) is 0 Å². The van der Waals surface area contributed by atoms with Crippen molar-refractivity contribution < 1.29 is 18.8 Å². The minimum absolute atomic E-state index is 0.0200. The van der Waals surface area contributed by atoms with E-state index in [1.807, 2.05) is 12.1 Å². The van der Waals surface area contributed by atoms with Crippen LogP contribution in [0.15, 0.2) is 66.9 Å². The van der Waals surface area contributed by atoms with Crippen LogP contribution in [0.1, 0.15) is 56.4 Å². The number of carbonyl (C=O) groups excluding carboxylic acids is 3. The maximum Gasteiger partial charge on any atom is 0.276 e. The van der Waals surface area contributed by atoms with Gasteiger partial charge in [-0.2, -0.15) is 0 Å². The Morgan fingerprint density at radius 3 is 2.37 bits per heavy atom. The Bertz CT molecular complexity index is 1780. The van der Waals surface area contributed by atoms with E-state index in [1.165, 1.54) is 27.9 Å². The molecule has 1 aromatic heterocycles. The highest BCUT2D eigenvalue weighted by atomic mass is 35.5. The zero-order chi connectivity index (χ0) is 32.5. The van der Waals surface area contributed by atoms with Gasteiger partial charge in [0.2, 0.25) is 5.91 Å². The summed E-state index contributed by atoms with van der Waals surface area (Å²) in [6, 6.07) is 16.7. The second-order valence-electron chi connectivity index (χ2n) is 12.0. The number of nitrogens with zero attached hydrogens (tertiary/aromatic N) is 6. The highest BCUT2D eigenvalue weighted by Crippen LogP contribution is 2.38. The van der Waals surface area contributed by atoms with Crippen molar-refractivity contribution in [3.8, 4) is 5.69 Å². The second kappa shape index (κ2) is 13.0. The van der Waals surface area contributed by atoms with Gasteiger partial charge in [0.25, 0.3) is 5.91 Å². The first kappa shape index (κ1) is 31.4. The smallest absolute Gasteiger partial charge is 0.276 e. The zero-order valence-corrected chi connectivity index (χ0v) is 26.5.